The number of carbonyl (C=O) groups excluding carboxylic acids is 2. The first-order chi connectivity index (χ1) is 9.34. The van der Waals surface area contributed by atoms with E-state index in [0.717, 1.165) is 0 Å². The van der Waals surface area contributed by atoms with Gasteiger partial charge in [-0.25, -0.2) is 8.42 Å². The largest absolute Gasteiger partial charge is 0.348 e. The van der Waals surface area contributed by atoms with E-state index in [1.165, 1.54) is 6.92 Å². The zero-order valence-electron chi connectivity index (χ0n) is 11.5. The number of nitrogens with one attached hydrogen (secondary N) is 1. The second-order valence-electron chi connectivity index (χ2n) is 4.99. The molecule has 20 heavy (non-hydrogen) atoms. The van der Waals surface area contributed by atoms with Crippen LogP contribution in [0.2, 0.25) is 0 Å². The highest BCUT2D eigenvalue weighted by Crippen LogP contribution is 2.19. The molecule has 0 spiro atoms. The third-order valence-corrected chi connectivity index (χ3v) is 5.30. The third-order valence-electron chi connectivity index (χ3n) is 3.55. The highest BCUT2D eigenvalue weighted by Gasteiger charge is 2.34. The Morgan fingerprint density at radius 3 is 2.45 bits per heavy atom. The van der Waals surface area contributed by atoms with Gasteiger partial charge in [-0.3, -0.25) is 9.59 Å². The number of hydrogen-bond acceptors (Lipinski definition) is 4. The van der Waals surface area contributed by atoms with Crippen molar-refractivity contribution in [1.29, 1.82) is 0 Å². The first-order valence-electron chi connectivity index (χ1n) is 6.55. The van der Waals surface area contributed by atoms with Crippen molar-refractivity contribution in [3.63, 3.8) is 0 Å². The highest BCUT2D eigenvalue weighted by molar-refractivity contribution is 7.91. The molecule has 1 unspecified atom stereocenters. The van der Waals surface area contributed by atoms with E-state index in [2.05, 4.69) is 4.98 Å². The van der Waals surface area contributed by atoms with E-state index < -0.39 is 9.84 Å². The summed E-state index contributed by atoms with van der Waals surface area (Å²) in [4.78, 5) is 28.0. The lowest BCUT2D eigenvalue weighted by Gasteiger charge is -2.26. The first kappa shape index (κ1) is 14.8. The van der Waals surface area contributed by atoms with Crippen molar-refractivity contribution in [2.24, 2.45) is 0 Å². The van der Waals surface area contributed by atoms with Crippen LogP contribution in [-0.2, 0) is 9.84 Å². The predicted octanol–water partition coefficient (Wildman–Crippen LogP) is 0.867. The van der Waals surface area contributed by atoms with Crippen molar-refractivity contribution in [1.82, 2.24) is 9.88 Å². The molecule has 0 aromatic carbocycles. The molecular formula is C13H18N2O4S. The maximum Gasteiger partial charge on any atom is 0.270 e. The van der Waals surface area contributed by atoms with Crippen molar-refractivity contribution < 1.29 is 18.0 Å². The van der Waals surface area contributed by atoms with Crippen LogP contribution in [0.5, 0.6) is 0 Å². The second kappa shape index (κ2) is 5.40. The van der Waals surface area contributed by atoms with Crippen LogP contribution in [0.3, 0.4) is 0 Å². The molecule has 2 heterocycles. The number of hydrogen-bond donors (Lipinski definition) is 1. The van der Waals surface area contributed by atoms with Gasteiger partial charge in [0.15, 0.2) is 15.6 Å². The minimum atomic E-state index is -3.03. The molecule has 1 aliphatic heterocycles. The van der Waals surface area contributed by atoms with Crippen LogP contribution in [0.1, 0.15) is 41.2 Å². The number of sulfone groups is 1. The van der Waals surface area contributed by atoms with Crippen LogP contribution in [0.15, 0.2) is 12.1 Å². The molecule has 1 amide bonds. The normalized spacial score (nSPS) is 20.8. The molecule has 1 aromatic rings. The number of amides is 1. The van der Waals surface area contributed by atoms with Gasteiger partial charge in [-0.15, -0.1) is 0 Å². The first-order valence-corrected chi connectivity index (χ1v) is 8.37. The highest BCUT2D eigenvalue weighted by atomic mass is 32.2. The molecule has 0 aliphatic carbocycles. The van der Waals surface area contributed by atoms with Gasteiger partial charge < -0.3 is 9.88 Å². The Morgan fingerprint density at radius 1 is 1.35 bits per heavy atom. The lowest BCUT2D eigenvalue weighted by molar-refractivity contribution is 0.0703. The quantitative estimate of drug-likeness (QED) is 0.835. The molecule has 1 saturated heterocycles. The van der Waals surface area contributed by atoms with E-state index in [1.54, 1.807) is 17.0 Å². The summed E-state index contributed by atoms with van der Waals surface area (Å²) in [6.07, 6.45) is 0.474. The van der Waals surface area contributed by atoms with Gasteiger partial charge in [0.25, 0.3) is 5.91 Å². The summed E-state index contributed by atoms with van der Waals surface area (Å²) in [5.41, 5.74) is 0.699. The van der Waals surface area contributed by atoms with Gasteiger partial charge in [0, 0.05) is 19.5 Å². The minimum absolute atomic E-state index is 0.0207. The van der Waals surface area contributed by atoms with Crippen LogP contribution >= 0.6 is 0 Å². The molecule has 0 saturated carbocycles. The topological polar surface area (TPSA) is 87.3 Å². The Hall–Kier alpha value is -1.63. The van der Waals surface area contributed by atoms with Gasteiger partial charge in [-0.1, -0.05) is 0 Å². The third kappa shape index (κ3) is 2.92. The molecule has 0 radical (unpaired) electrons. The van der Waals surface area contributed by atoms with Gasteiger partial charge in [0.2, 0.25) is 0 Å². The van der Waals surface area contributed by atoms with Crippen molar-refractivity contribution >= 4 is 21.5 Å². The van der Waals surface area contributed by atoms with Gasteiger partial charge in [-0.05, 0) is 25.5 Å². The molecule has 6 nitrogen and oxygen atoms in total. The second-order valence-corrected chi connectivity index (χ2v) is 7.22. The van der Waals surface area contributed by atoms with Crippen LogP contribution in [0.25, 0.3) is 0 Å². The summed E-state index contributed by atoms with van der Waals surface area (Å²) in [6.45, 7) is 3.67. The number of aromatic amines is 1. The summed E-state index contributed by atoms with van der Waals surface area (Å²) in [5.74, 6) is -0.254. The number of aromatic nitrogens is 1. The summed E-state index contributed by atoms with van der Waals surface area (Å²) >= 11 is 0. The molecule has 1 aliphatic rings. The lowest BCUT2D eigenvalue weighted by atomic mass is 10.2. The number of carbonyl (C=O) groups is 2. The Balaban J connectivity index is 2.19. The average molecular weight is 298 g/mol. The van der Waals surface area contributed by atoms with Crippen LogP contribution in [0, 0.1) is 0 Å². The van der Waals surface area contributed by atoms with Crippen LogP contribution < -0.4 is 0 Å². The fourth-order valence-corrected chi connectivity index (χ4v) is 4.20. The van der Waals surface area contributed by atoms with Crippen LogP contribution in [0.4, 0.5) is 0 Å². The fraction of sp³-hybridized carbons (Fsp3) is 0.538. The smallest absolute Gasteiger partial charge is 0.270 e. The number of Topliss-reactive ketones (excluding diaryl/α,β-unsaturated/α-hetero) is 1. The van der Waals surface area contributed by atoms with E-state index in [0.29, 0.717) is 24.4 Å². The molecule has 110 valence electrons. The number of nitrogens with zero attached hydrogens (tertiary/aromatic N) is 1. The zero-order chi connectivity index (χ0) is 14.9. The van der Waals surface area contributed by atoms with Crippen LogP contribution in [-0.4, -0.2) is 54.1 Å². The standard InChI is InChI=1S/C13H18N2O4S/c1-3-15(10-6-7-20(18,19)8-10)13(17)12-5-4-11(14-12)9(2)16/h4-5,10,14H,3,6-8H2,1-2H3. The van der Waals surface area contributed by atoms with Gasteiger partial charge in [0.1, 0.15) is 5.69 Å². The lowest BCUT2D eigenvalue weighted by Crippen LogP contribution is -2.41. The van der Waals surface area contributed by atoms with E-state index in [4.69, 9.17) is 0 Å². The minimum Gasteiger partial charge on any atom is -0.348 e. The van der Waals surface area contributed by atoms with Gasteiger partial charge in [0.05, 0.1) is 17.2 Å². The monoisotopic (exact) mass is 298 g/mol. The Morgan fingerprint density at radius 2 is 2.00 bits per heavy atom. The summed E-state index contributed by atoms with van der Waals surface area (Å²) in [7, 11) is -3.03. The number of ketones is 1. The molecule has 0 bridgehead atoms. The van der Waals surface area contributed by atoms with E-state index >= 15 is 0 Å². The molecule has 2 rings (SSSR count). The molecule has 1 aromatic heterocycles. The average Bonchev–Trinajstić information content (AvgIpc) is 2.97. The van der Waals surface area contributed by atoms with Crippen molar-refractivity contribution in [2.75, 3.05) is 18.1 Å². The maximum absolute atomic E-state index is 12.4. The number of rotatable bonds is 4. The SMILES string of the molecule is CCN(C(=O)c1ccc(C(C)=O)[nH]1)C1CCS(=O)(=O)C1. The zero-order valence-corrected chi connectivity index (χ0v) is 12.4. The summed E-state index contributed by atoms with van der Waals surface area (Å²) in [5, 5.41) is 0. The Kier molecular flexibility index (Phi) is 3.99. The fourth-order valence-electron chi connectivity index (χ4n) is 2.47. The van der Waals surface area contributed by atoms with E-state index in [9.17, 15) is 18.0 Å². The van der Waals surface area contributed by atoms with Crippen molar-refractivity contribution in [2.45, 2.75) is 26.3 Å². The molecular weight excluding hydrogens is 280 g/mol. The number of H-pyrrole nitrogens is 1. The summed E-state index contributed by atoms with van der Waals surface area (Å²) < 4.78 is 23.0. The van der Waals surface area contributed by atoms with Crippen molar-refractivity contribution in [3.05, 3.63) is 23.5 Å². The van der Waals surface area contributed by atoms with E-state index in [-0.39, 0.29) is 29.2 Å². The molecule has 7 heteroatoms. The van der Waals surface area contributed by atoms with E-state index in [1.807, 2.05) is 6.92 Å². The van der Waals surface area contributed by atoms with Gasteiger partial charge >= 0.3 is 0 Å². The summed E-state index contributed by atoms with van der Waals surface area (Å²) in [6, 6.07) is 2.85. The molecule has 1 atom stereocenters. The predicted molar refractivity (Wildman–Crippen MR) is 74.6 cm³/mol. The molecule has 1 N–H and O–H groups in total. The Bertz CT molecular complexity index is 633. The maximum atomic E-state index is 12.4. The van der Waals surface area contributed by atoms with Gasteiger partial charge in [-0.2, -0.15) is 0 Å². The Labute approximate surface area is 118 Å². The van der Waals surface area contributed by atoms with Crippen molar-refractivity contribution in [3.8, 4) is 0 Å². The molecule has 1 fully saturated rings.